The van der Waals surface area contributed by atoms with Crippen LogP contribution in [0.2, 0.25) is 5.02 Å². The number of nitrogens with zero attached hydrogens (tertiary/aromatic N) is 3. The Morgan fingerprint density at radius 1 is 1.37 bits per heavy atom. The van der Waals surface area contributed by atoms with Gasteiger partial charge in [0, 0.05) is 25.7 Å². The van der Waals surface area contributed by atoms with Crippen LogP contribution in [0.4, 0.5) is 4.39 Å². The topological polar surface area (TPSA) is 87.3 Å². The van der Waals surface area contributed by atoms with Crippen LogP contribution in [0.1, 0.15) is 36.7 Å². The van der Waals surface area contributed by atoms with Crippen molar-refractivity contribution in [2.45, 2.75) is 43.5 Å². The van der Waals surface area contributed by atoms with Crippen LogP contribution in [0.5, 0.6) is 0 Å². The molecule has 0 aromatic carbocycles. The molecule has 0 saturated carbocycles. The van der Waals surface area contributed by atoms with Gasteiger partial charge in [-0.3, -0.25) is 9.20 Å². The van der Waals surface area contributed by atoms with Crippen molar-refractivity contribution in [2.24, 2.45) is 0 Å². The lowest BCUT2D eigenvalue weighted by atomic mass is 9.75. The van der Waals surface area contributed by atoms with Gasteiger partial charge in [-0.05, 0) is 31.9 Å². The van der Waals surface area contributed by atoms with Crippen molar-refractivity contribution < 1.29 is 24.1 Å². The SMILES string of the molecule is C[C@@]1(O)CCOC2(CCN(C(=O)c3nc4ccc(Cl)cn4c3F)CC2)[C@H]1O. The van der Waals surface area contributed by atoms with Crippen molar-refractivity contribution in [3.8, 4) is 0 Å². The van der Waals surface area contributed by atoms with Crippen LogP contribution in [-0.2, 0) is 4.74 Å². The maximum absolute atomic E-state index is 14.6. The lowest BCUT2D eigenvalue weighted by Gasteiger charge is -2.51. The van der Waals surface area contributed by atoms with Crippen molar-refractivity contribution in [1.29, 1.82) is 0 Å². The van der Waals surface area contributed by atoms with E-state index in [1.54, 1.807) is 19.1 Å². The molecule has 2 atom stereocenters. The van der Waals surface area contributed by atoms with Gasteiger partial charge in [-0.25, -0.2) is 4.98 Å². The highest BCUT2D eigenvalue weighted by molar-refractivity contribution is 6.30. The van der Waals surface area contributed by atoms with Crippen LogP contribution < -0.4 is 0 Å². The highest BCUT2D eigenvalue weighted by Crippen LogP contribution is 2.40. The second kappa shape index (κ2) is 6.41. The van der Waals surface area contributed by atoms with E-state index in [1.807, 2.05) is 0 Å². The molecule has 4 heterocycles. The molecule has 2 aliphatic rings. The number of fused-ring (bicyclic) bond motifs is 1. The normalized spacial score (nSPS) is 28.0. The first-order valence-corrected chi connectivity index (χ1v) is 9.28. The molecule has 4 rings (SSSR count). The summed E-state index contributed by atoms with van der Waals surface area (Å²) in [6, 6.07) is 3.12. The minimum Gasteiger partial charge on any atom is -0.387 e. The number of pyridine rings is 1. The highest BCUT2D eigenvalue weighted by atomic mass is 35.5. The van der Waals surface area contributed by atoms with Crippen LogP contribution in [0, 0.1) is 5.95 Å². The number of rotatable bonds is 1. The number of carbonyl (C=O) groups is 1. The Kier molecular flexibility index (Phi) is 4.42. The van der Waals surface area contributed by atoms with Crippen LogP contribution in [-0.4, -0.2) is 67.4 Å². The van der Waals surface area contributed by atoms with Crippen LogP contribution in [0.25, 0.3) is 5.65 Å². The predicted octanol–water partition coefficient (Wildman–Crippen LogP) is 1.63. The molecule has 2 aromatic heterocycles. The average molecular weight is 398 g/mol. The van der Waals surface area contributed by atoms with Crippen molar-refractivity contribution in [3.63, 3.8) is 0 Å². The number of likely N-dealkylation sites (tertiary alicyclic amines) is 1. The van der Waals surface area contributed by atoms with E-state index in [2.05, 4.69) is 4.98 Å². The monoisotopic (exact) mass is 397 g/mol. The molecule has 0 bridgehead atoms. The summed E-state index contributed by atoms with van der Waals surface area (Å²) in [6.07, 6.45) is 1.40. The number of hydrogen-bond acceptors (Lipinski definition) is 5. The molecule has 2 aliphatic heterocycles. The molecule has 1 amide bonds. The van der Waals surface area contributed by atoms with Crippen molar-refractivity contribution in [3.05, 3.63) is 35.0 Å². The molecule has 2 N–H and O–H groups in total. The number of carbonyl (C=O) groups excluding carboxylic acids is 1. The molecular formula is C18H21ClFN3O4. The zero-order valence-electron chi connectivity index (χ0n) is 14.9. The zero-order chi connectivity index (χ0) is 19.4. The number of hydrogen-bond donors (Lipinski definition) is 2. The predicted molar refractivity (Wildman–Crippen MR) is 95.2 cm³/mol. The molecule has 0 unspecified atom stereocenters. The van der Waals surface area contributed by atoms with Crippen LogP contribution in [0.15, 0.2) is 18.3 Å². The Morgan fingerprint density at radius 2 is 2.07 bits per heavy atom. The fourth-order valence-corrected chi connectivity index (χ4v) is 4.19. The number of ether oxygens (including phenoxy) is 1. The summed E-state index contributed by atoms with van der Waals surface area (Å²) in [5.74, 6) is -1.27. The molecule has 146 valence electrons. The van der Waals surface area contributed by atoms with Gasteiger partial charge < -0.3 is 19.8 Å². The van der Waals surface area contributed by atoms with Gasteiger partial charge in [0.15, 0.2) is 5.69 Å². The number of halogens is 2. The second-order valence-corrected chi connectivity index (χ2v) is 7.98. The molecule has 0 aliphatic carbocycles. The van der Waals surface area contributed by atoms with Crippen LogP contribution >= 0.6 is 11.6 Å². The standard InChI is InChI=1S/C18H21ClFN3O4/c1-17(26)6-9-27-18(16(17)25)4-7-22(8-5-18)15(24)13-14(20)23-10-11(19)2-3-12(23)21-13/h2-3,10,16,25-26H,4-9H2,1H3/t16-,17+/m0/s1. The number of aliphatic hydroxyl groups excluding tert-OH is 1. The molecule has 2 fully saturated rings. The quantitative estimate of drug-likeness (QED) is 0.763. The van der Waals surface area contributed by atoms with E-state index in [-0.39, 0.29) is 18.8 Å². The molecule has 2 saturated heterocycles. The first kappa shape index (κ1) is 18.6. The molecule has 7 nitrogen and oxygen atoms in total. The number of aliphatic hydroxyl groups is 2. The fourth-order valence-electron chi connectivity index (χ4n) is 4.03. The number of imidazole rings is 1. The summed E-state index contributed by atoms with van der Waals surface area (Å²) in [7, 11) is 0. The summed E-state index contributed by atoms with van der Waals surface area (Å²) in [5, 5.41) is 21.3. The molecule has 9 heteroatoms. The number of aromatic nitrogens is 2. The van der Waals surface area contributed by atoms with Crippen LogP contribution in [0.3, 0.4) is 0 Å². The smallest absolute Gasteiger partial charge is 0.277 e. The summed E-state index contributed by atoms with van der Waals surface area (Å²) >= 11 is 5.88. The molecule has 0 radical (unpaired) electrons. The summed E-state index contributed by atoms with van der Waals surface area (Å²) in [6.45, 7) is 2.50. The molecule has 1 spiro atoms. The number of piperidine rings is 1. The lowest BCUT2D eigenvalue weighted by molar-refractivity contribution is -0.244. The highest BCUT2D eigenvalue weighted by Gasteiger charge is 2.53. The first-order valence-electron chi connectivity index (χ1n) is 8.90. The minimum absolute atomic E-state index is 0.259. The Labute approximate surface area is 160 Å². The Bertz CT molecular complexity index is 892. The average Bonchev–Trinajstić information content (AvgIpc) is 2.96. The van der Waals surface area contributed by atoms with Gasteiger partial charge in [0.25, 0.3) is 5.91 Å². The lowest BCUT2D eigenvalue weighted by Crippen LogP contribution is -2.64. The Morgan fingerprint density at radius 3 is 2.78 bits per heavy atom. The van der Waals surface area contributed by atoms with Gasteiger partial charge in [-0.1, -0.05) is 11.6 Å². The van der Waals surface area contributed by atoms with E-state index in [0.717, 1.165) is 4.40 Å². The molecule has 27 heavy (non-hydrogen) atoms. The van der Waals surface area contributed by atoms with Gasteiger partial charge in [0.1, 0.15) is 17.4 Å². The van der Waals surface area contributed by atoms with Gasteiger partial charge in [-0.2, -0.15) is 4.39 Å². The maximum Gasteiger partial charge on any atom is 0.277 e. The van der Waals surface area contributed by atoms with E-state index < -0.39 is 29.2 Å². The Balaban J connectivity index is 1.53. The minimum atomic E-state index is -1.22. The van der Waals surface area contributed by atoms with Crippen molar-refractivity contribution in [1.82, 2.24) is 14.3 Å². The fraction of sp³-hybridized carbons (Fsp3) is 0.556. The van der Waals surface area contributed by atoms with Gasteiger partial charge in [0.2, 0.25) is 5.95 Å². The van der Waals surface area contributed by atoms with E-state index >= 15 is 0 Å². The van der Waals surface area contributed by atoms with Crippen molar-refractivity contribution in [2.75, 3.05) is 19.7 Å². The maximum atomic E-state index is 14.6. The van der Waals surface area contributed by atoms with Gasteiger partial charge in [0.05, 0.1) is 17.2 Å². The second-order valence-electron chi connectivity index (χ2n) is 7.54. The third-order valence-corrected chi connectivity index (χ3v) is 5.93. The van der Waals surface area contributed by atoms with Gasteiger partial charge in [-0.15, -0.1) is 0 Å². The first-order chi connectivity index (χ1) is 12.7. The van der Waals surface area contributed by atoms with E-state index in [4.69, 9.17) is 16.3 Å². The summed E-state index contributed by atoms with van der Waals surface area (Å²) < 4.78 is 21.6. The molecule has 2 aromatic rings. The largest absolute Gasteiger partial charge is 0.387 e. The van der Waals surface area contributed by atoms with E-state index in [9.17, 15) is 19.4 Å². The van der Waals surface area contributed by atoms with Gasteiger partial charge >= 0.3 is 0 Å². The van der Waals surface area contributed by atoms with E-state index in [1.165, 1.54) is 11.1 Å². The summed E-state index contributed by atoms with van der Waals surface area (Å²) in [5.41, 5.74) is -2.07. The third kappa shape index (κ3) is 3.00. The zero-order valence-corrected chi connectivity index (χ0v) is 15.6. The Hall–Kier alpha value is -1.74. The van der Waals surface area contributed by atoms with Crippen molar-refractivity contribution >= 4 is 23.2 Å². The third-order valence-electron chi connectivity index (χ3n) is 5.71. The molecular weight excluding hydrogens is 377 g/mol. The number of amides is 1. The summed E-state index contributed by atoms with van der Waals surface area (Å²) in [4.78, 5) is 18.4. The van der Waals surface area contributed by atoms with E-state index in [0.29, 0.717) is 36.5 Å².